The normalized spacial score (nSPS) is 11.7. The van der Waals surface area contributed by atoms with Crippen LogP contribution >= 0.6 is 11.6 Å². The molecule has 0 radical (unpaired) electrons. The molecule has 0 atom stereocenters. The lowest BCUT2D eigenvalue weighted by atomic mass is 10.1. The summed E-state index contributed by atoms with van der Waals surface area (Å²) in [5.41, 5.74) is -1.18. The highest BCUT2D eigenvalue weighted by Crippen LogP contribution is 2.37. The monoisotopic (exact) mass is 313 g/mol. The molecule has 2 rings (SSSR count). The van der Waals surface area contributed by atoms with E-state index in [9.17, 15) is 19.6 Å². The molecule has 8 heteroatoms. The standard InChI is InChI=1S/C13H13ClFN3O3/c1-13(2,19)6-16-10-8-4-3-7(15)5-9(8)17-12(14)11(10)18(20)21/h3-5,19H,6H2,1-2H3,(H,16,17). The van der Waals surface area contributed by atoms with Crippen molar-refractivity contribution in [3.63, 3.8) is 0 Å². The quantitative estimate of drug-likeness (QED) is 0.514. The van der Waals surface area contributed by atoms with Crippen molar-refractivity contribution < 1.29 is 14.4 Å². The Labute approximate surface area is 124 Å². The fraction of sp³-hybridized carbons (Fsp3) is 0.308. The van der Waals surface area contributed by atoms with E-state index in [1.165, 1.54) is 12.1 Å². The largest absolute Gasteiger partial charge is 0.389 e. The third-order valence-corrected chi connectivity index (χ3v) is 3.02. The first-order chi connectivity index (χ1) is 9.69. The molecule has 0 fully saturated rings. The van der Waals surface area contributed by atoms with Gasteiger partial charge in [-0.3, -0.25) is 10.1 Å². The van der Waals surface area contributed by atoms with E-state index in [-0.39, 0.29) is 22.9 Å². The van der Waals surface area contributed by atoms with Gasteiger partial charge in [-0.1, -0.05) is 11.6 Å². The number of fused-ring (bicyclic) bond motifs is 1. The van der Waals surface area contributed by atoms with E-state index in [1.807, 2.05) is 0 Å². The smallest absolute Gasteiger partial charge is 0.329 e. The number of aliphatic hydroxyl groups is 1. The van der Waals surface area contributed by atoms with Crippen LogP contribution in [0.4, 0.5) is 15.8 Å². The second kappa shape index (κ2) is 5.42. The molecule has 0 saturated carbocycles. The Bertz CT molecular complexity index is 716. The highest BCUT2D eigenvalue weighted by molar-refractivity contribution is 6.33. The molecule has 0 amide bonds. The van der Waals surface area contributed by atoms with Gasteiger partial charge in [0.1, 0.15) is 11.5 Å². The van der Waals surface area contributed by atoms with Crippen molar-refractivity contribution in [2.24, 2.45) is 0 Å². The van der Waals surface area contributed by atoms with Crippen LogP contribution in [0.15, 0.2) is 18.2 Å². The predicted octanol–water partition coefficient (Wildman–Crippen LogP) is 3.12. The molecule has 2 N–H and O–H groups in total. The number of halogens is 2. The number of anilines is 1. The first-order valence-corrected chi connectivity index (χ1v) is 6.46. The second-order valence-corrected chi connectivity index (χ2v) is 5.57. The van der Waals surface area contributed by atoms with Crippen LogP contribution in [0.1, 0.15) is 13.8 Å². The Morgan fingerprint density at radius 3 is 2.76 bits per heavy atom. The van der Waals surface area contributed by atoms with E-state index in [0.29, 0.717) is 5.39 Å². The summed E-state index contributed by atoms with van der Waals surface area (Å²) in [7, 11) is 0. The van der Waals surface area contributed by atoms with E-state index in [2.05, 4.69) is 10.3 Å². The second-order valence-electron chi connectivity index (χ2n) is 5.21. The minimum atomic E-state index is -1.09. The fourth-order valence-corrected chi connectivity index (χ4v) is 2.10. The Morgan fingerprint density at radius 2 is 2.19 bits per heavy atom. The maximum absolute atomic E-state index is 13.3. The van der Waals surface area contributed by atoms with Crippen LogP contribution in [0.3, 0.4) is 0 Å². The zero-order valence-electron chi connectivity index (χ0n) is 11.4. The molecule has 0 bridgehead atoms. The topological polar surface area (TPSA) is 88.3 Å². The summed E-state index contributed by atoms with van der Waals surface area (Å²) in [6, 6.07) is 3.70. The van der Waals surface area contributed by atoms with Crippen LogP contribution in [-0.2, 0) is 0 Å². The van der Waals surface area contributed by atoms with Gasteiger partial charge in [-0.05, 0) is 26.0 Å². The van der Waals surface area contributed by atoms with Crippen molar-refractivity contribution in [1.29, 1.82) is 0 Å². The van der Waals surface area contributed by atoms with Crippen molar-refractivity contribution in [3.8, 4) is 0 Å². The summed E-state index contributed by atoms with van der Waals surface area (Å²) >= 11 is 5.83. The lowest BCUT2D eigenvalue weighted by Gasteiger charge is -2.19. The van der Waals surface area contributed by atoms with Crippen LogP contribution in [0.2, 0.25) is 5.15 Å². The summed E-state index contributed by atoms with van der Waals surface area (Å²) in [5, 5.41) is 23.8. The minimum absolute atomic E-state index is 0.0562. The zero-order valence-corrected chi connectivity index (χ0v) is 12.1. The number of pyridine rings is 1. The molecule has 1 heterocycles. The number of nitro groups is 1. The van der Waals surface area contributed by atoms with Crippen molar-refractivity contribution in [2.45, 2.75) is 19.4 Å². The maximum Gasteiger partial charge on any atom is 0.329 e. The third kappa shape index (κ3) is 3.37. The number of aromatic nitrogens is 1. The van der Waals surface area contributed by atoms with Crippen LogP contribution in [-0.4, -0.2) is 27.2 Å². The Kier molecular flexibility index (Phi) is 3.97. The molecular formula is C13H13ClFN3O3. The molecular weight excluding hydrogens is 301 g/mol. The van der Waals surface area contributed by atoms with E-state index in [4.69, 9.17) is 11.6 Å². The third-order valence-electron chi connectivity index (χ3n) is 2.76. The van der Waals surface area contributed by atoms with E-state index in [1.54, 1.807) is 13.8 Å². The van der Waals surface area contributed by atoms with Crippen molar-refractivity contribution in [1.82, 2.24) is 4.98 Å². The van der Waals surface area contributed by atoms with Gasteiger partial charge in [0.15, 0.2) is 0 Å². The van der Waals surface area contributed by atoms with Gasteiger partial charge in [-0.2, -0.15) is 0 Å². The predicted molar refractivity (Wildman–Crippen MR) is 78.2 cm³/mol. The van der Waals surface area contributed by atoms with Crippen molar-refractivity contribution >= 4 is 33.9 Å². The summed E-state index contributed by atoms with van der Waals surface area (Å²) in [6.45, 7) is 3.16. The summed E-state index contributed by atoms with van der Waals surface area (Å²) < 4.78 is 13.3. The number of hydrogen-bond donors (Lipinski definition) is 2. The molecule has 0 saturated heterocycles. The number of hydrogen-bond acceptors (Lipinski definition) is 5. The van der Waals surface area contributed by atoms with Crippen LogP contribution in [0.5, 0.6) is 0 Å². The van der Waals surface area contributed by atoms with E-state index in [0.717, 1.165) is 6.07 Å². The van der Waals surface area contributed by atoms with Crippen molar-refractivity contribution in [2.75, 3.05) is 11.9 Å². The molecule has 21 heavy (non-hydrogen) atoms. The molecule has 0 aliphatic carbocycles. The van der Waals surface area contributed by atoms with Gasteiger partial charge in [0, 0.05) is 18.0 Å². The highest BCUT2D eigenvalue weighted by Gasteiger charge is 2.25. The SMILES string of the molecule is CC(C)(O)CNc1c([N+](=O)[O-])c(Cl)nc2cc(F)ccc12. The van der Waals surface area contributed by atoms with Gasteiger partial charge in [0.2, 0.25) is 5.15 Å². The summed E-state index contributed by atoms with van der Waals surface area (Å²) in [6.07, 6.45) is 0. The number of nitrogens with one attached hydrogen (secondary N) is 1. The molecule has 112 valence electrons. The van der Waals surface area contributed by atoms with Gasteiger partial charge < -0.3 is 10.4 Å². The van der Waals surface area contributed by atoms with Gasteiger partial charge in [0.05, 0.1) is 16.0 Å². The average Bonchev–Trinajstić information content (AvgIpc) is 2.33. The van der Waals surface area contributed by atoms with E-state index >= 15 is 0 Å². The highest BCUT2D eigenvalue weighted by atomic mass is 35.5. The van der Waals surface area contributed by atoms with E-state index < -0.39 is 22.0 Å². The van der Waals surface area contributed by atoms with Crippen LogP contribution in [0, 0.1) is 15.9 Å². The van der Waals surface area contributed by atoms with Gasteiger partial charge in [-0.15, -0.1) is 0 Å². The first-order valence-electron chi connectivity index (χ1n) is 6.08. The molecule has 1 aromatic carbocycles. The van der Waals surface area contributed by atoms with Crippen molar-refractivity contribution in [3.05, 3.63) is 39.3 Å². The fourth-order valence-electron chi connectivity index (χ4n) is 1.85. The Hall–Kier alpha value is -1.99. The average molecular weight is 314 g/mol. The van der Waals surface area contributed by atoms with Gasteiger partial charge in [0.25, 0.3) is 0 Å². The Balaban J connectivity index is 2.66. The van der Waals surface area contributed by atoms with Crippen LogP contribution in [0.25, 0.3) is 10.9 Å². The first kappa shape index (κ1) is 15.4. The lowest BCUT2D eigenvalue weighted by Crippen LogP contribution is -2.29. The molecule has 0 unspecified atom stereocenters. The molecule has 1 aromatic heterocycles. The molecule has 0 spiro atoms. The Morgan fingerprint density at radius 1 is 1.52 bits per heavy atom. The molecule has 6 nitrogen and oxygen atoms in total. The lowest BCUT2D eigenvalue weighted by molar-refractivity contribution is -0.384. The number of benzene rings is 1. The number of rotatable bonds is 4. The molecule has 0 aliphatic heterocycles. The zero-order chi connectivity index (χ0) is 15.8. The molecule has 2 aromatic rings. The minimum Gasteiger partial charge on any atom is -0.389 e. The maximum atomic E-state index is 13.3. The van der Waals surface area contributed by atoms with Gasteiger partial charge in [-0.25, -0.2) is 9.37 Å². The van der Waals surface area contributed by atoms with Crippen LogP contribution < -0.4 is 5.32 Å². The summed E-state index contributed by atoms with van der Waals surface area (Å²) in [4.78, 5) is 14.4. The van der Waals surface area contributed by atoms with Gasteiger partial charge >= 0.3 is 5.69 Å². The summed E-state index contributed by atoms with van der Waals surface area (Å²) in [5.74, 6) is -0.520. The molecule has 0 aliphatic rings. The number of nitrogens with zero attached hydrogens (tertiary/aromatic N) is 2.